The number of nitrogens with zero attached hydrogens (tertiary/aromatic N) is 2. The molecule has 1 fully saturated rings. The molecule has 3 amide bonds. The third kappa shape index (κ3) is 5.60. The van der Waals surface area contributed by atoms with Crippen LogP contribution in [-0.2, 0) is 11.3 Å². The van der Waals surface area contributed by atoms with Gasteiger partial charge < -0.3 is 19.7 Å². The Kier molecular flexibility index (Phi) is 6.81. The molecule has 2 aromatic rings. The van der Waals surface area contributed by atoms with Gasteiger partial charge in [0.2, 0.25) is 0 Å². The van der Waals surface area contributed by atoms with E-state index in [2.05, 4.69) is 4.74 Å². The molecule has 1 heterocycles. The largest absolute Gasteiger partial charge is 0.573 e. The van der Waals surface area contributed by atoms with Crippen molar-refractivity contribution in [1.82, 2.24) is 4.90 Å². The number of aliphatic hydroxyl groups is 2. The van der Waals surface area contributed by atoms with E-state index in [9.17, 15) is 33.0 Å². The molecule has 0 unspecified atom stereocenters. The molecule has 184 valence electrons. The maximum Gasteiger partial charge on any atom is 0.573 e. The molecule has 0 atom stereocenters. The minimum atomic E-state index is -4.88. The van der Waals surface area contributed by atoms with Gasteiger partial charge >= 0.3 is 12.4 Å². The Morgan fingerprint density at radius 1 is 1.03 bits per heavy atom. The van der Waals surface area contributed by atoms with E-state index >= 15 is 0 Å². The first-order valence-corrected chi connectivity index (χ1v) is 10.3. The molecule has 0 bridgehead atoms. The lowest BCUT2D eigenvalue weighted by Crippen LogP contribution is -2.42. The minimum Gasteiger partial charge on any atom is -0.482 e. The van der Waals surface area contributed by atoms with Gasteiger partial charge in [0, 0.05) is 11.8 Å². The molecule has 0 radical (unpaired) electrons. The fourth-order valence-electron chi connectivity index (χ4n) is 3.54. The van der Waals surface area contributed by atoms with Crippen molar-refractivity contribution in [1.29, 1.82) is 0 Å². The third-order valence-electron chi connectivity index (χ3n) is 5.27. The van der Waals surface area contributed by atoms with Crippen LogP contribution in [0.2, 0.25) is 0 Å². The van der Waals surface area contributed by atoms with Gasteiger partial charge in [-0.15, -0.1) is 13.2 Å². The van der Waals surface area contributed by atoms with Crippen LogP contribution in [0, 0.1) is 13.8 Å². The number of hydrogen-bond acceptors (Lipinski definition) is 6. The zero-order valence-corrected chi connectivity index (χ0v) is 19.0. The van der Waals surface area contributed by atoms with E-state index in [1.54, 1.807) is 26.0 Å². The van der Waals surface area contributed by atoms with Gasteiger partial charge in [0.05, 0.1) is 6.54 Å². The Labute approximate surface area is 194 Å². The summed E-state index contributed by atoms with van der Waals surface area (Å²) in [7, 11) is 0. The fraction of sp³-hybridized carbons (Fsp3) is 0.391. The van der Waals surface area contributed by atoms with Crippen LogP contribution in [0.15, 0.2) is 36.4 Å². The summed E-state index contributed by atoms with van der Waals surface area (Å²) in [5.74, 6) is -0.558. The number of carbonyl (C=O) groups is 2. The Morgan fingerprint density at radius 2 is 1.65 bits per heavy atom. The standard InChI is InChI=1S/C23H25F3N2O6/c1-13-8-15(9-14(2)19(13)34-22(3,4)20(30)31)11-28-18(29)12-27(21(28)32)16-6-5-7-17(10-16)33-23(24,25)26/h5-10,20,30-31H,11-12H2,1-4H3. The maximum absolute atomic E-state index is 12.9. The van der Waals surface area contributed by atoms with Gasteiger partial charge in [0.15, 0.2) is 11.9 Å². The molecule has 3 rings (SSSR count). The average molecular weight is 482 g/mol. The van der Waals surface area contributed by atoms with Crippen LogP contribution in [0.25, 0.3) is 0 Å². The van der Waals surface area contributed by atoms with Crippen molar-refractivity contribution in [3.8, 4) is 11.5 Å². The lowest BCUT2D eigenvalue weighted by Gasteiger charge is -2.30. The van der Waals surface area contributed by atoms with Crippen LogP contribution in [0.1, 0.15) is 30.5 Å². The Bertz CT molecular complexity index is 1080. The number of benzene rings is 2. The van der Waals surface area contributed by atoms with Gasteiger partial charge in [-0.3, -0.25) is 14.6 Å². The summed E-state index contributed by atoms with van der Waals surface area (Å²) >= 11 is 0. The third-order valence-corrected chi connectivity index (χ3v) is 5.27. The Hall–Kier alpha value is -3.31. The molecule has 0 aromatic heterocycles. The van der Waals surface area contributed by atoms with Crippen LogP contribution in [0.3, 0.4) is 0 Å². The van der Waals surface area contributed by atoms with Gasteiger partial charge in [-0.1, -0.05) is 18.2 Å². The molecule has 0 aliphatic carbocycles. The van der Waals surface area contributed by atoms with Crippen molar-refractivity contribution in [3.05, 3.63) is 53.1 Å². The number of rotatable bonds is 7. The fourth-order valence-corrected chi connectivity index (χ4v) is 3.54. The zero-order valence-electron chi connectivity index (χ0n) is 19.0. The summed E-state index contributed by atoms with van der Waals surface area (Å²) in [6, 6.07) is 7.60. The lowest BCUT2D eigenvalue weighted by atomic mass is 10.0. The van der Waals surface area contributed by atoms with Gasteiger partial charge in [-0.05, 0) is 56.5 Å². The van der Waals surface area contributed by atoms with Crippen molar-refractivity contribution in [3.63, 3.8) is 0 Å². The van der Waals surface area contributed by atoms with Crippen molar-refractivity contribution >= 4 is 17.6 Å². The normalized spacial score (nSPS) is 14.9. The summed E-state index contributed by atoms with van der Waals surface area (Å²) in [6.07, 6.45) is -6.59. The molecule has 2 aromatic carbocycles. The molecule has 1 aliphatic rings. The molecule has 1 saturated heterocycles. The van der Waals surface area contributed by atoms with Crippen molar-refractivity contribution in [2.75, 3.05) is 11.4 Å². The number of halogens is 3. The molecule has 2 N–H and O–H groups in total. The summed E-state index contributed by atoms with van der Waals surface area (Å²) in [5, 5.41) is 19.0. The highest BCUT2D eigenvalue weighted by Crippen LogP contribution is 2.32. The predicted octanol–water partition coefficient (Wildman–Crippen LogP) is 3.64. The van der Waals surface area contributed by atoms with Gasteiger partial charge in [-0.25, -0.2) is 4.79 Å². The number of ether oxygens (including phenoxy) is 2. The van der Waals surface area contributed by atoms with E-state index < -0.39 is 35.9 Å². The molecule has 8 nitrogen and oxygen atoms in total. The second-order valence-corrected chi connectivity index (χ2v) is 8.53. The number of imide groups is 1. The summed E-state index contributed by atoms with van der Waals surface area (Å²) < 4.78 is 47.2. The minimum absolute atomic E-state index is 0.0547. The van der Waals surface area contributed by atoms with Gasteiger partial charge in [0.25, 0.3) is 5.91 Å². The first-order valence-electron chi connectivity index (χ1n) is 10.3. The zero-order chi connectivity index (χ0) is 25.4. The number of aliphatic hydroxyl groups excluding tert-OH is 1. The highest BCUT2D eigenvalue weighted by molar-refractivity contribution is 6.12. The lowest BCUT2D eigenvalue weighted by molar-refractivity contribution is -0.274. The Balaban J connectivity index is 1.79. The van der Waals surface area contributed by atoms with Crippen LogP contribution < -0.4 is 14.4 Å². The molecule has 11 heteroatoms. The highest BCUT2D eigenvalue weighted by Gasteiger charge is 2.38. The number of aryl methyl sites for hydroxylation is 2. The maximum atomic E-state index is 12.9. The summed E-state index contributed by atoms with van der Waals surface area (Å²) in [5.41, 5.74) is 0.794. The molecule has 0 saturated carbocycles. The van der Waals surface area contributed by atoms with Crippen molar-refractivity contribution in [2.45, 2.75) is 52.5 Å². The monoisotopic (exact) mass is 482 g/mol. The Morgan fingerprint density at radius 3 is 2.21 bits per heavy atom. The molecule has 34 heavy (non-hydrogen) atoms. The second-order valence-electron chi connectivity index (χ2n) is 8.53. The highest BCUT2D eigenvalue weighted by atomic mass is 19.4. The van der Waals surface area contributed by atoms with Crippen molar-refractivity contribution in [2.24, 2.45) is 0 Å². The van der Waals surface area contributed by atoms with Gasteiger partial charge in [0.1, 0.15) is 18.0 Å². The summed E-state index contributed by atoms with van der Waals surface area (Å²) in [6.45, 7) is 6.16. The van der Waals surface area contributed by atoms with Gasteiger partial charge in [-0.2, -0.15) is 0 Å². The SMILES string of the molecule is Cc1cc(CN2C(=O)CN(c3cccc(OC(F)(F)F)c3)C2=O)cc(C)c1OC(C)(C)C(O)O. The van der Waals surface area contributed by atoms with Crippen LogP contribution >= 0.6 is 0 Å². The van der Waals surface area contributed by atoms with E-state index in [0.717, 1.165) is 21.9 Å². The average Bonchev–Trinajstić information content (AvgIpc) is 2.98. The van der Waals surface area contributed by atoms with E-state index in [0.29, 0.717) is 22.4 Å². The van der Waals surface area contributed by atoms with E-state index in [-0.39, 0.29) is 18.8 Å². The summed E-state index contributed by atoms with van der Waals surface area (Å²) in [4.78, 5) is 27.5. The van der Waals surface area contributed by atoms with Crippen molar-refractivity contribution < 1.29 is 42.4 Å². The van der Waals surface area contributed by atoms with E-state index in [4.69, 9.17) is 4.74 Å². The molecular weight excluding hydrogens is 457 g/mol. The van der Waals surface area contributed by atoms with Crippen LogP contribution in [0.5, 0.6) is 11.5 Å². The smallest absolute Gasteiger partial charge is 0.482 e. The quantitative estimate of drug-likeness (QED) is 0.462. The first-order chi connectivity index (χ1) is 15.7. The van der Waals surface area contributed by atoms with Crippen LogP contribution in [-0.4, -0.2) is 51.8 Å². The molecular formula is C23H25F3N2O6. The number of hydrogen-bond donors (Lipinski definition) is 2. The topological polar surface area (TPSA) is 99.5 Å². The molecule has 0 spiro atoms. The number of carbonyl (C=O) groups excluding carboxylic acids is 2. The van der Waals surface area contributed by atoms with Crippen LogP contribution in [0.4, 0.5) is 23.7 Å². The number of amides is 3. The molecule has 1 aliphatic heterocycles. The second kappa shape index (κ2) is 9.15. The number of urea groups is 1. The number of alkyl halides is 3. The van der Waals surface area contributed by atoms with E-state index in [1.807, 2.05) is 0 Å². The van der Waals surface area contributed by atoms with E-state index in [1.165, 1.54) is 26.0 Å². The first kappa shape index (κ1) is 25.3. The number of anilines is 1. The predicted molar refractivity (Wildman–Crippen MR) is 115 cm³/mol.